The lowest BCUT2D eigenvalue weighted by atomic mass is 10.1. The van der Waals surface area contributed by atoms with Crippen LogP contribution in [0.3, 0.4) is 0 Å². The molecule has 3 aromatic rings. The van der Waals surface area contributed by atoms with Crippen LogP contribution < -0.4 is 4.90 Å². The number of halogens is 1. The van der Waals surface area contributed by atoms with Gasteiger partial charge in [-0.25, -0.2) is 9.18 Å². The number of fused-ring (bicyclic) bond motifs is 2. The van der Waals surface area contributed by atoms with E-state index in [0.717, 1.165) is 26.9 Å². The fraction of sp³-hybridized carbons (Fsp3) is 0.167. The van der Waals surface area contributed by atoms with E-state index in [9.17, 15) is 14.3 Å². The van der Waals surface area contributed by atoms with Gasteiger partial charge in [0.25, 0.3) is 0 Å². The quantitative estimate of drug-likeness (QED) is 0.789. The summed E-state index contributed by atoms with van der Waals surface area (Å²) < 4.78 is 14.6. The van der Waals surface area contributed by atoms with Crippen molar-refractivity contribution < 1.29 is 14.3 Å². The number of hydrogen-bond donors (Lipinski definition) is 1. The maximum absolute atomic E-state index is 13.5. The summed E-state index contributed by atoms with van der Waals surface area (Å²) in [6.45, 7) is 0.470. The van der Waals surface area contributed by atoms with Crippen molar-refractivity contribution in [2.24, 2.45) is 0 Å². The molecule has 0 fully saturated rings. The summed E-state index contributed by atoms with van der Waals surface area (Å²) in [5.74, 6) is -1.10. The van der Waals surface area contributed by atoms with Crippen molar-refractivity contribution >= 4 is 33.1 Å². The molecule has 1 aromatic heterocycles. The fourth-order valence-corrected chi connectivity index (χ4v) is 4.16. The molecule has 116 valence electrons. The molecule has 0 spiro atoms. The maximum atomic E-state index is 13.5. The second-order valence-corrected chi connectivity index (χ2v) is 6.63. The molecule has 1 atom stereocenters. The summed E-state index contributed by atoms with van der Waals surface area (Å²) in [5, 5.41) is 12.4. The van der Waals surface area contributed by atoms with E-state index in [2.05, 4.69) is 0 Å². The first-order chi connectivity index (χ1) is 11.1. The van der Waals surface area contributed by atoms with Crippen molar-refractivity contribution in [3.05, 3.63) is 64.8 Å². The van der Waals surface area contributed by atoms with E-state index in [4.69, 9.17) is 0 Å². The Morgan fingerprint density at radius 2 is 2.13 bits per heavy atom. The lowest BCUT2D eigenvalue weighted by Gasteiger charge is -2.24. The number of thiophene rings is 1. The van der Waals surface area contributed by atoms with Gasteiger partial charge < -0.3 is 10.0 Å². The van der Waals surface area contributed by atoms with E-state index in [1.165, 1.54) is 12.1 Å². The zero-order chi connectivity index (χ0) is 16.0. The van der Waals surface area contributed by atoms with Crippen molar-refractivity contribution in [2.75, 3.05) is 4.90 Å². The molecule has 1 aliphatic rings. The standard InChI is InChI=1S/C18H14FNO2S/c19-13-5-6-17-14(8-13)12(10-23-17)9-20-15-4-2-1-3-11(15)7-16(20)18(21)22/h1-6,8,10,16H,7,9H2,(H,21,22). The minimum absolute atomic E-state index is 0.270. The molecule has 1 aliphatic heterocycles. The summed E-state index contributed by atoms with van der Waals surface area (Å²) in [6.07, 6.45) is 0.502. The SMILES string of the molecule is O=C(O)C1Cc2ccccc2N1Cc1csc2ccc(F)cc12. The molecule has 1 N–H and O–H groups in total. The highest BCUT2D eigenvalue weighted by molar-refractivity contribution is 7.17. The number of anilines is 1. The van der Waals surface area contributed by atoms with Gasteiger partial charge in [-0.1, -0.05) is 18.2 Å². The van der Waals surface area contributed by atoms with Crippen molar-refractivity contribution in [1.82, 2.24) is 0 Å². The highest BCUT2D eigenvalue weighted by Gasteiger charge is 2.34. The van der Waals surface area contributed by atoms with Crippen LogP contribution in [0.5, 0.6) is 0 Å². The predicted molar refractivity (Wildman–Crippen MR) is 89.5 cm³/mol. The van der Waals surface area contributed by atoms with E-state index in [0.29, 0.717) is 13.0 Å². The Morgan fingerprint density at radius 1 is 1.30 bits per heavy atom. The van der Waals surface area contributed by atoms with Crippen LogP contribution in [-0.4, -0.2) is 17.1 Å². The molecule has 0 aliphatic carbocycles. The van der Waals surface area contributed by atoms with Crippen LogP contribution in [-0.2, 0) is 17.8 Å². The molecule has 2 aromatic carbocycles. The number of hydrogen-bond acceptors (Lipinski definition) is 3. The number of para-hydroxylation sites is 1. The van der Waals surface area contributed by atoms with Crippen molar-refractivity contribution in [3.63, 3.8) is 0 Å². The smallest absolute Gasteiger partial charge is 0.326 e. The van der Waals surface area contributed by atoms with Crippen LogP contribution in [0.2, 0.25) is 0 Å². The summed E-state index contributed by atoms with van der Waals surface area (Å²) in [7, 11) is 0. The maximum Gasteiger partial charge on any atom is 0.326 e. The number of rotatable bonds is 3. The van der Waals surface area contributed by atoms with Gasteiger partial charge in [-0.2, -0.15) is 0 Å². The molecule has 5 heteroatoms. The molecule has 0 saturated heterocycles. The highest BCUT2D eigenvalue weighted by Crippen LogP contribution is 2.36. The number of carboxylic acids is 1. The summed E-state index contributed by atoms with van der Waals surface area (Å²) in [5.41, 5.74) is 2.97. The first kappa shape index (κ1) is 14.2. The van der Waals surface area contributed by atoms with E-state index >= 15 is 0 Å². The molecule has 0 bridgehead atoms. The van der Waals surface area contributed by atoms with Crippen LogP contribution >= 0.6 is 11.3 Å². The van der Waals surface area contributed by atoms with Crippen molar-refractivity contribution in [1.29, 1.82) is 0 Å². The molecular formula is C18H14FNO2S. The van der Waals surface area contributed by atoms with Gasteiger partial charge in [0.05, 0.1) is 0 Å². The summed E-state index contributed by atoms with van der Waals surface area (Å²) in [6, 6.07) is 11.9. The summed E-state index contributed by atoms with van der Waals surface area (Å²) >= 11 is 1.56. The van der Waals surface area contributed by atoms with Crippen LogP contribution in [0.1, 0.15) is 11.1 Å². The Kier molecular flexibility index (Phi) is 3.31. The van der Waals surface area contributed by atoms with Crippen molar-refractivity contribution in [2.45, 2.75) is 19.0 Å². The van der Waals surface area contributed by atoms with E-state index < -0.39 is 12.0 Å². The second-order valence-electron chi connectivity index (χ2n) is 5.72. The van der Waals surface area contributed by atoms with Gasteiger partial charge in [-0.3, -0.25) is 0 Å². The minimum atomic E-state index is -0.827. The van der Waals surface area contributed by atoms with Gasteiger partial charge in [-0.15, -0.1) is 11.3 Å². The number of benzene rings is 2. The largest absolute Gasteiger partial charge is 0.480 e. The number of carboxylic acid groups (broad SMARTS) is 1. The number of carbonyl (C=O) groups is 1. The lowest BCUT2D eigenvalue weighted by molar-refractivity contribution is -0.138. The Hall–Kier alpha value is -2.40. The third-order valence-electron chi connectivity index (χ3n) is 4.33. The average Bonchev–Trinajstić information content (AvgIpc) is 3.10. The van der Waals surface area contributed by atoms with E-state index in [-0.39, 0.29) is 5.82 Å². The van der Waals surface area contributed by atoms with Crippen LogP contribution in [0, 0.1) is 5.82 Å². The van der Waals surface area contributed by atoms with Crippen LogP contribution in [0.25, 0.3) is 10.1 Å². The third kappa shape index (κ3) is 2.37. The third-order valence-corrected chi connectivity index (χ3v) is 5.34. The molecule has 23 heavy (non-hydrogen) atoms. The van der Waals surface area contributed by atoms with Gasteiger partial charge in [0.1, 0.15) is 11.9 Å². The monoisotopic (exact) mass is 327 g/mol. The molecule has 2 heterocycles. The normalized spacial score (nSPS) is 16.7. The number of aliphatic carboxylic acids is 1. The molecule has 0 saturated carbocycles. The average molecular weight is 327 g/mol. The molecule has 0 radical (unpaired) electrons. The van der Waals surface area contributed by atoms with Gasteiger partial charge >= 0.3 is 5.97 Å². The molecule has 3 nitrogen and oxygen atoms in total. The van der Waals surface area contributed by atoms with Crippen molar-refractivity contribution in [3.8, 4) is 0 Å². The Bertz CT molecular complexity index is 905. The van der Waals surface area contributed by atoms with Gasteiger partial charge in [0, 0.05) is 28.7 Å². The highest BCUT2D eigenvalue weighted by atomic mass is 32.1. The second kappa shape index (κ2) is 5.35. The van der Waals surface area contributed by atoms with Gasteiger partial charge in [0.2, 0.25) is 0 Å². The van der Waals surface area contributed by atoms with E-state index in [1.807, 2.05) is 34.5 Å². The molecule has 4 rings (SSSR count). The lowest BCUT2D eigenvalue weighted by Crippen LogP contribution is -2.38. The van der Waals surface area contributed by atoms with Gasteiger partial charge in [0.15, 0.2) is 0 Å². The minimum Gasteiger partial charge on any atom is -0.480 e. The molecule has 1 unspecified atom stereocenters. The summed E-state index contributed by atoms with van der Waals surface area (Å²) in [4.78, 5) is 13.5. The molecular weight excluding hydrogens is 313 g/mol. The molecule has 0 amide bonds. The first-order valence-electron chi connectivity index (χ1n) is 7.36. The first-order valence-corrected chi connectivity index (χ1v) is 8.24. The zero-order valence-corrected chi connectivity index (χ0v) is 13.0. The van der Waals surface area contributed by atoms with Crippen LogP contribution in [0.4, 0.5) is 10.1 Å². The van der Waals surface area contributed by atoms with Crippen LogP contribution in [0.15, 0.2) is 47.8 Å². The van der Waals surface area contributed by atoms with Gasteiger partial charge in [-0.05, 0) is 40.8 Å². The van der Waals surface area contributed by atoms with E-state index in [1.54, 1.807) is 17.4 Å². The zero-order valence-electron chi connectivity index (χ0n) is 12.2. The topological polar surface area (TPSA) is 40.5 Å². The Morgan fingerprint density at radius 3 is 2.96 bits per heavy atom. The Labute approximate surface area is 136 Å². The predicted octanol–water partition coefficient (Wildman–Crippen LogP) is 4.06. The Balaban J connectivity index is 1.76. The number of nitrogens with zero attached hydrogens (tertiary/aromatic N) is 1. The fourth-order valence-electron chi connectivity index (χ4n) is 3.23.